The maximum atomic E-state index is 11.6. The number of nitro groups is 1. The Morgan fingerprint density at radius 3 is 2.46 bits per heavy atom. The Balaban J connectivity index is 0.000000173. The molecule has 2 aromatic heterocycles. The third kappa shape index (κ3) is 4.97. The van der Waals surface area contributed by atoms with Gasteiger partial charge >= 0.3 is 5.97 Å². The van der Waals surface area contributed by atoms with Gasteiger partial charge in [0.1, 0.15) is 11.6 Å². The molecule has 0 fully saturated rings. The van der Waals surface area contributed by atoms with E-state index in [0.717, 1.165) is 22.0 Å². The molecule has 9 nitrogen and oxygen atoms in total. The molecule has 0 spiro atoms. The lowest BCUT2D eigenvalue weighted by atomic mass is 9.76. The van der Waals surface area contributed by atoms with Crippen LogP contribution < -0.4 is 0 Å². The molecular weight excluding hydrogens is 472 g/mol. The second-order valence-corrected chi connectivity index (χ2v) is 9.08. The minimum Gasteiger partial charge on any atom is -0.481 e. The molecule has 0 saturated heterocycles. The molecule has 0 saturated carbocycles. The zero-order chi connectivity index (χ0) is 26.7. The number of carboxylic acid groups (broad SMARTS) is 1. The van der Waals surface area contributed by atoms with E-state index in [1.54, 1.807) is 31.2 Å². The number of amides is 1. The van der Waals surface area contributed by atoms with Crippen LogP contribution in [0.15, 0.2) is 77.9 Å². The van der Waals surface area contributed by atoms with E-state index in [4.69, 9.17) is 0 Å². The molecule has 186 valence electrons. The van der Waals surface area contributed by atoms with Gasteiger partial charge in [-0.25, -0.2) is 9.98 Å². The summed E-state index contributed by atoms with van der Waals surface area (Å²) in [7, 11) is 0. The third-order valence-corrected chi connectivity index (χ3v) is 6.59. The summed E-state index contributed by atoms with van der Waals surface area (Å²) >= 11 is 0. The molecule has 0 radical (unpaired) electrons. The number of aliphatic imine (C=N–C) groups is 1. The number of fused-ring (bicyclic) bond motifs is 2. The monoisotopic (exact) mass is 496 g/mol. The Bertz CT molecular complexity index is 1550. The van der Waals surface area contributed by atoms with Gasteiger partial charge in [0.25, 0.3) is 11.6 Å². The fourth-order valence-electron chi connectivity index (χ4n) is 3.88. The van der Waals surface area contributed by atoms with Crippen LogP contribution in [0.2, 0.25) is 0 Å². The van der Waals surface area contributed by atoms with Gasteiger partial charge < -0.3 is 5.11 Å². The third-order valence-electron chi connectivity index (χ3n) is 6.59. The highest BCUT2D eigenvalue weighted by Crippen LogP contribution is 2.32. The van der Waals surface area contributed by atoms with Gasteiger partial charge in [-0.1, -0.05) is 50.2 Å². The average molecular weight is 497 g/mol. The normalized spacial score (nSPS) is 13.6. The van der Waals surface area contributed by atoms with Gasteiger partial charge in [0.15, 0.2) is 0 Å². The Kier molecular flexibility index (Phi) is 6.88. The molecule has 1 unspecified atom stereocenters. The topological polar surface area (TPSA) is 136 Å². The summed E-state index contributed by atoms with van der Waals surface area (Å²) in [4.78, 5) is 45.3. The van der Waals surface area contributed by atoms with Gasteiger partial charge in [0, 0.05) is 28.8 Å². The summed E-state index contributed by atoms with van der Waals surface area (Å²) in [6.07, 6.45) is 2.71. The van der Waals surface area contributed by atoms with Crippen LogP contribution in [0.5, 0.6) is 0 Å². The molecule has 5 rings (SSSR count). The molecule has 9 heteroatoms. The van der Waals surface area contributed by atoms with E-state index in [9.17, 15) is 24.8 Å². The number of rotatable bonds is 5. The van der Waals surface area contributed by atoms with Crippen molar-refractivity contribution in [1.82, 2.24) is 9.97 Å². The molecule has 0 aliphatic carbocycles. The summed E-state index contributed by atoms with van der Waals surface area (Å²) in [5, 5.41) is 21.1. The smallest absolute Gasteiger partial charge is 0.315 e. The van der Waals surface area contributed by atoms with E-state index in [0.29, 0.717) is 17.0 Å². The molecule has 1 aliphatic heterocycles. The lowest BCUT2D eigenvalue weighted by Gasteiger charge is -2.28. The fourth-order valence-corrected chi connectivity index (χ4v) is 3.88. The van der Waals surface area contributed by atoms with Crippen LogP contribution in [0.3, 0.4) is 0 Å². The Labute approximate surface area is 212 Å². The number of aromatic nitrogens is 2. The van der Waals surface area contributed by atoms with E-state index in [-0.39, 0.29) is 17.5 Å². The van der Waals surface area contributed by atoms with Crippen molar-refractivity contribution in [2.75, 3.05) is 0 Å². The van der Waals surface area contributed by atoms with Crippen molar-refractivity contribution in [1.29, 1.82) is 0 Å². The molecule has 4 aromatic rings. The SMILES string of the molecule is CC(C)C(C)(C(=O)O)c1ccc2ccccc2n1.O=C1N=Cc2ccc(-c3ccc([N+](=O)[O-])cn3)cc21. The van der Waals surface area contributed by atoms with Crippen molar-refractivity contribution in [3.05, 3.63) is 99.9 Å². The summed E-state index contributed by atoms with van der Waals surface area (Å²) in [5.41, 5.74) is 3.04. The quantitative estimate of drug-likeness (QED) is 0.286. The first-order valence-electron chi connectivity index (χ1n) is 11.5. The predicted molar refractivity (Wildman–Crippen MR) is 140 cm³/mol. The Morgan fingerprint density at radius 2 is 1.81 bits per heavy atom. The standard InChI is InChI=1S/C15H17NO2.C13H7N3O3/c1-10(2)15(3,14(17)18)13-9-8-11-6-4-5-7-12(11)16-13;17-13-11-5-8(1-2-9(11)6-15-13)12-4-3-10(7-14-12)16(18)19/h4-10H,1-3H3,(H,17,18);1-7H. The van der Waals surface area contributed by atoms with Crippen molar-refractivity contribution in [3.63, 3.8) is 0 Å². The molecule has 3 heterocycles. The lowest BCUT2D eigenvalue weighted by molar-refractivity contribution is -0.385. The van der Waals surface area contributed by atoms with Gasteiger partial charge in [-0.3, -0.25) is 24.7 Å². The Hall–Kier alpha value is -4.79. The van der Waals surface area contributed by atoms with E-state index in [2.05, 4.69) is 15.0 Å². The highest BCUT2D eigenvalue weighted by Gasteiger charge is 2.40. The van der Waals surface area contributed by atoms with Gasteiger partial charge in [0.2, 0.25) is 0 Å². The number of pyridine rings is 2. The number of carbonyl (C=O) groups excluding carboxylic acids is 1. The van der Waals surface area contributed by atoms with E-state index >= 15 is 0 Å². The van der Waals surface area contributed by atoms with Crippen LogP contribution in [0.25, 0.3) is 22.2 Å². The van der Waals surface area contributed by atoms with Crippen molar-refractivity contribution in [3.8, 4) is 11.3 Å². The number of carboxylic acids is 1. The highest BCUT2D eigenvalue weighted by atomic mass is 16.6. The number of benzene rings is 2. The molecule has 37 heavy (non-hydrogen) atoms. The first-order valence-corrected chi connectivity index (χ1v) is 11.5. The summed E-state index contributed by atoms with van der Waals surface area (Å²) < 4.78 is 0. The van der Waals surface area contributed by atoms with Crippen LogP contribution in [-0.4, -0.2) is 38.1 Å². The number of hydrogen-bond acceptors (Lipinski definition) is 6. The van der Waals surface area contributed by atoms with Crippen LogP contribution >= 0.6 is 0 Å². The van der Waals surface area contributed by atoms with E-state index in [1.165, 1.54) is 18.5 Å². The predicted octanol–water partition coefficient (Wildman–Crippen LogP) is 5.46. The number of para-hydroxylation sites is 1. The van der Waals surface area contributed by atoms with Gasteiger partial charge in [-0.15, -0.1) is 0 Å². The highest BCUT2D eigenvalue weighted by molar-refractivity contribution is 6.13. The van der Waals surface area contributed by atoms with Crippen molar-refractivity contribution in [2.24, 2.45) is 10.9 Å². The van der Waals surface area contributed by atoms with Crippen molar-refractivity contribution < 1.29 is 19.6 Å². The number of carbonyl (C=O) groups is 2. The van der Waals surface area contributed by atoms with Crippen molar-refractivity contribution >= 4 is 34.7 Å². The number of nitrogens with zero attached hydrogens (tertiary/aromatic N) is 4. The van der Waals surface area contributed by atoms with Gasteiger partial charge in [0.05, 0.1) is 27.4 Å². The molecule has 1 atom stereocenters. The van der Waals surface area contributed by atoms with Gasteiger partial charge in [-0.2, -0.15) is 0 Å². The maximum Gasteiger partial charge on any atom is 0.315 e. The average Bonchev–Trinajstić information content (AvgIpc) is 3.28. The summed E-state index contributed by atoms with van der Waals surface area (Å²) in [6, 6.07) is 19.7. The zero-order valence-electron chi connectivity index (χ0n) is 20.5. The van der Waals surface area contributed by atoms with Crippen LogP contribution in [0.1, 0.15) is 42.4 Å². The molecule has 2 aromatic carbocycles. The molecular formula is C28H24N4O5. The molecule has 1 aliphatic rings. The lowest BCUT2D eigenvalue weighted by Crippen LogP contribution is -2.38. The first kappa shape index (κ1) is 25.3. The maximum absolute atomic E-state index is 11.6. The number of aliphatic carboxylic acids is 1. The molecule has 0 bridgehead atoms. The second kappa shape index (κ2) is 10.1. The second-order valence-electron chi connectivity index (χ2n) is 9.08. The minimum atomic E-state index is -0.954. The van der Waals surface area contributed by atoms with E-state index in [1.807, 2.05) is 50.2 Å². The summed E-state index contributed by atoms with van der Waals surface area (Å²) in [5.74, 6) is -1.14. The van der Waals surface area contributed by atoms with Crippen molar-refractivity contribution in [2.45, 2.75) is 26.2 Å². The zero-order valence-corrected chi connectivity index (χ0v) is 20.5. The van der Waals surface area contributed by atoms with Crippen LogP contribution in [-0.2, 0) is 10.2 Å². The van der Waals surface area contributed by atoms with Gasteiger partial charge in [-0.05, 0) is 37.1 Å². The first-order chi connectivity index (χ1) is 17.6. The Morgan fingerprint density at radius 1 is 1.05 bits per heavy atom. The largest absolute Gasteiger partial charge is 0.481 e. The van der Waals surface area contributed by atoms with E-state index < -0.39 is 16.3 Å². The van der Waals surface area contributed by atoms with Crippen LogP contribution in [0.4, 0.5) is 5.69 Å². The molecule has 1 amide bonds. The fraction of sp³-hybridized carbons (Fsp3) is 0.179. The minimum absolute atomic E-state index is 0.0244. The van der Waals surface area contributed by atoms with Crippen LogP contribution in [0, 0.1) is 16.0 Å². The molecule has 1 N–H and O–H groups in total. The number of hydrogen-bond donors (Lipinski definition) is 1. The summed E-state index contributed by atoms with van der Waals surface area (Å²) in [6.45, 7) is 5.55.